The number of carbonyl (C=O) groups is 1. The standard InChI is InChI=1S/C12H16N2O5.ClH/c1-13(6-5-12(15)16)7-8-19-11-4-2-3-10(9-11)14(17)18;/h2-4,9H,5-8H2,1H3,(H,15,16);1H. The van der Waals surface area contributed by atoms with Crippen LogP contribution in [-0.4, -0.2) is 47.6 Å². The molecule has 0 aliphatic rings. The normalized spacial score (nSPS) is 9.90. The van der Waals surface area contributed by atoms with Gasteiger partial charge in [-0.2, -0.15) is 0 Å². The van der Waals surface area contributed by atoms with Crippen molar-refractivity contribution in [2.45, 2.75) is 6.42 Å². The second kappa shape index (κ2) is 9.11. The molecule has 0 radical (unpaired) electrons. The molecule has 0 atom stereocenters. The zero-order chi connectivity index (χ0) is 14.3. The predicted octanol–water partition coefficient (Wildman–Crippen LogP) is 1.80. The molecule has 0 amide bonds. The van der Waals surface area contributed by atoms with Crippen molar-refractivity contribution in [3.05, 3.63) is 34.4 Å². The molecule has 0 aliphatic heterocycles. The van der Waals surface area contributed by atoms with Crippen LogP contribution in [0, 0.1) is 10.1 Å². The summed E-state index contributed by atoms with van der Waals surface area (Å²) in [6.07, 6.45) is 0.0767. The largest absolute Gasteiger partial charge is 0.492 e. The number of halogens is 1. The molecule has 0 aromatic heterocycles. The lowest BCUT2D eigenvalue weighted by molar-refractivity contribution is -0.384. The van der Waals surface area contributed by atoms with Gasteiger partial charge in [0, 0.05) is 19.2 Å². The second-order valence-corrected chi connectivity index (χ2v) is 4.05. The Morgan fingerprint density at radius 1 is 1.45 bits per heavy atom. The van der Waals surface area contributed by atoms with Gasteiger partial charge in [-0.15, -0.1) is 12.4 Å². The molecule has 0 spiro atoms. The minimum Gasteiger partial charge on any atom is -0.492 e. The summed E-state index contributed by atoms with van der Waals surface area (Å²) in [6.45, 7) is 1.33. The lowest BCUT2D eigenvalue weighted by atomic mass is 10.3. The zero-order valence-electron chi connectivity index (χ0n) is 11.0. The third kappa shape index (κ3) is 6.91. The molecule has 0 fully saturated rings. The summed E-state index contributed by atoms with van der Waals surface area (Å²) in [5.41, 5.74) is -0.0169. The van der Waals surface area contributed by atoms with Crippen molar-refractivity contribution in [2.75, 3.05) is 26.7 Å². The number of hydrogen-bond donors (Lipinski definition) is 1. The maximum absolute atomic E-state index is 10.6. The third-order valence-corrected chi connectivity index (χ3v) is 2.48. The number of carboxylic acids is 1. The van der Waals surface area contributed by atoms with Gasteiger partial charge in [0.05, 0.1) is 17.4 Å². The summed E-state index contributed by atoms with van der Waals surface area (Å²) < 4.78 is 5.38. The van der Waals surface area contributed by atoms with E-state index in [9.17, 15) is 14.9 Å². The first-order chi connectivity index (χ1) is 8.99. The Morgan fingerprint density at radius 3 is 2.75 bits per heavy atom. The van der Waals surface area contributed by atoms with E-state index in [1.165, 1.54) is 12.1 Å². The van der Waals surface area contributed by atoms with Gasteiger partial charge >= 0.3 is 5.97 Å². The Kier molecular flexibility index (Phi) is 8.26. The topological polar surface area (TPSA) is 92.9 Å². The van der Waals surface area contributed by atoms with E-state index in [0.29, 0.717) is 25.4 Å². The Morgan fingerprint density at radius 2 is 2.15 bits per heavy atom. The first-order valence-electron chi connectivity index (χ1n) is 5.76. The Balaban J connectivity index is 0.00000361. The van der Waals surface area contributed by atoms with Crippen molar-refractivity contribution in [1.29, 1.82) is 0 Å². The van der Waals surface area contributed by atoms with E-state index in [-0.39, 0.29) is 24.5 Å². The van der Waals surface area contributed by atoms with E-state index < -0.39 is 10.9 Å². The smallest absolute Gasteiger partial charge is 0.304 e. The zero-order valence-corrected chi connectivity index (χ0v) is 11.8. The number of benzene rings is 1. The van der Waals surface area contributed by atoms with Crippen LogP contribution in [0.4, 0.5) is 5.69 Å². The van der Waals surface area contributed by atoms with Crippen LogP contribution in [-0.2, 0) is 4.79 Å². The van der Waals surface area contributed by atoms with Crippen LogP contribution in [0.5, 0.6) is 5.75 Å². The average molecular weight is 305 g/mol. The summed E-state index contributed by atoms with van der Waals surface area (Å²) in [5.74, 6) is -0.410. The number of hydrogen-bond acceptors (Lipinski definition) is 5. The summed E-state index contributed by atoms with van der Waals surface area (Å²) in [5, 5.41) is 19.1. The molecule has 0 heterocycles. The number of aliphatic carboxylic acids is 1. The van der Waals surface area contributed by atoms with E-state index in [4.69, 9.17) is 9.84 Å². The van der Waals surface area contributed by atoms with Gasteiger partial charge in [-0.05, 0) is 13.1 Å². The quantitative estimate of drug-likeness (QED) is 0.581. The fraction of sp³-hybridized carbons (Fsp3) is 0.417. The summed E-state index contributed by atoms with van der Waals surface area (Å²) >= 11 is 0. The maximum Gasteiger partial charge on any atom is 0.304 e. The van der Waals surface area contributed by atoms with E-state index in [0.717, 1.165) is 0 Å². The van der Waals surface area contributed by atoms with E-state index in [1.807, 2.05) is 4.90 Å². The van der Waals surface area contributed by atoms with Gasteiger partial charge in [0.1, 0.15) is 12.4 Å². The highest BCUT2D eigenvalue weighted by Gasteiger charge is 2.07. The van der Waals surface area contributed by atoms with Gasteiger partial charge in [0.15, 0.2) is 0 Å². The summed E-state index contributed by atoms with van der Waals surface area (Å²) in [7, 11) is 1.79. The number of ether oxygens (including phenoxy) is 1. The van der Waals surface area contributed by atoms with Crippen LogP contribution in [0.15, 0.2) is 24.3 Å². The molecule has 0 bridgehead atoms. The molecule has 112 valence electrons. The fourth-order valence-electron chi connectivity index (χ4n) is 1.40. The fourth-order valence-corrected chi connectivity index (χ4v) is 1.40. The maximum atomic E-state index is 10.6. The number of nitro groups is 1. The van der Waals surface area contributed by atoms with Crippen LogP contribution >= 0.6 is 12.4 Å². The highest BCUT2D eigenvalue weighted by Crippen LogP contribution is 2.18. The Hall–Kier alpha value is -1.86. The van der Waals surface area contributed by atoms with Crippen molar-refractivity contribution in [1.82, 2.24) is 4.90 Å². The van der Waals surface area contributed by atoms with E-state index in [2.05, 4.69) is 0 Å². The van der Waals surface area contributed by atoms with Gasteiger partial charge in [-0.1, -0.05) is 6.07 Å². The molecule has 0 saturated heterocycles. The molecular weight excluding hydrogens is 288 g/mol. The van der Waals surface area contributed by atoms with Crippen LogP contribution in [0.25, 0.3) is 0 Å². The number of likely N-dealkylation sites (N-methyl/N-ethyl adjacent to an activating group) is 1. The molecule has 20 heavy (non-hydrogen) atoms. The SMILES string of the molecule is CN(CCOc1cccc([N+](=O)[O-])c1)CCC(=O)O.Cl. The van der Waals surface area contributed by atoms with Crippen LogP contribution in [0.2, 0.25) is 0 Å². The lowest BCUT2D eigenvalue weighted by Crippen LogP contribution is -2.26. The third-order valence-electron chi connectivity index (χ3n) is 2.48. The number of nitro benzene ring substituents is 1. The van der Waals surface area contributed by atoms with Crippen LogP contribution < -0.4 is 4.74 Å². The highest BCUT2D eigenvalue weighted by atomic mass is 35.5. The van der Waals surface area contributed by atoms with Gasteiger partial charge < -0.3 is 14.7 Å². The van der Waals surface area contributed by atoms with Crippen LogP contribution in [0.1, 0.15) is 6.42 Å². The molecule has 1 aromatic rings. The minimum atomic E-state index is -0.841. The van der Waals surface area contributed by atoms with Crippen molar-refractivity contribution < 1.29 is 19.6 Å². The minimum absolute atomic E-state index is 0. The summed E-state index contributed by atoms with van der Waals surface area (Å²) in [4.78, 5) is 22.3. The molecule has 0 unspecified atom stereocenters. The average Bonchev–Trinajstić information content (AvgIpc) is 2.36. The van der Waals surface area contributed by atoms with Crippen molar-refractivity contribution in [3.8, 4) is 5.75 Å². The molecule has 1 N–H and O–H groups in total. The Labute approximate surface area is 122 Å². The lowest BCUT2D eigenvalue weighted by Gasteiger charge is -2.15. The first-order valence-corrected chi connectivity index (χ1v) is 5.76. The molecule has 1 aromatic carbocycles. The van der Waals surface area contributed by atoms with Gasteiger partial charge in [-0.3, -0.25) is 14.9 Å². The van der Waals surface area contributed by atoms with Gasteiger partial charge in [-0.25, -0.2) is 0 Å². The number of non-ortho nitro benzene ring substituents is 1. The van der Waals surface area contributed by atoms with Gasteiger partial charge in [0.2, 0.25) is 0 Å². The van der Waals surface area contributed by atoms with Crippen LogP contribution in [0.3, 0.4) is 0 Å². The molecule has 1 rings (SSSR count). The van der Waals surface area contributed by atoms with E-state index in [1.54, 1.807) is 19.2 Å². The second-order valence-electron chi connectivity index (χ2n) is 4.05. The Bertz CT molecular complexity index is 455. The van der Waals surface area contributed by atoms with Crippen molar-refractivity contribution in [2.24, 2.45) is 0 Å². The molecule has 7 nitrogen and oxygen atoms in total. The predicted molar refractivity (Wildman–Crippen MR) is 75.6 cm³/mol. The number of rotatable bonds is 8. The van der Waals surface area contributed by atoms with Gasteiger partial charge in [0.25, 0.3) is 5.69 Å². The molecule has 8 heteroatoms. The molecule has 0 saturated carbocycles. The summed E-state index contributed by atoms with van der Waals surface area (Å²) in [6, 6.07) is 5.95. The van der Waals surface area contributed by atoms with Crippen molar-refractivity contribution in [3.63, 3.8) is 0 Å². The number of nitrogens with zero attached hydrogens (tertiary/aromatic N) is 2. The first kappa shape index (κ1) is 18.1. The number of carboxylic acid groups (broad SMARTS) is 1. The van der Waals surface area contributed by atoms with E-state index >= 15 is 0 Å². The highest BCUT2D eigenvalue weighted by molar-refractivity contribution is 5.85. The van der Waals surface area contributed by atoms with Crippen molar-refractivity contribution >= 4 is 24.1 Å². The molecular formula is C12H17ClN2O5. The molecule has 0 aliphatic carbocycles. The monoisotopic (exact) mass is 304 g/mol.